The predicted octanol–water partition coefficient (Wildman–Crippen LogP) is 4.08. The van der Waals surface area contributed by atoms with Crippen molar-refractivity contribution >= 4 is 32.7 Å². The Labute approximate surface area is 131 Å². The van der Waals surface area contributed by atoms with Crippen molar-refractivity contribution in [2.45, 2.75) is 13.5 Å². The van der Waals surface area contributed by atoms with Gasteiger partial charge in [-0.25, -0.2) is 4.98 Å². The molecule has 2 aromatic carbocycles. The molecule has 21 heavy (non-hydrogen) atoms. The van der Waals surface area contributed by atoms with Crippen molar-refractivity contribution < 1.29 is 4.74 Å². The van der Waals surface area contributed by atoms with E-state index in [0.29, 0.717) is 5.69 Å². The van der Waals surface area contributed by atoms with Gasteiger partial charge in [0.15, 0.2) is 0 Å². The van der Waals surface area contributed by atoms with E-state index in [1.165, 1.54) is 0 Å². The molecule has 0 unspecified atom stereocenters. The Morgan fingerprint density at radius 2 is 2.05 bits per heavy atom. The first kappa shape index (κ1) is 13.9. The summed E-state index contributed by atoms with van der Waals surface area (Å²) in [7, 11) is 1.63. The van der Waals surface area contributed by atoms with Crippen LogP contribution in [-0.4, -0.2) is 16.7 Å². The molecule has 0 atom stereocenters. The maximum Gasteiger partial charge on any atom is 0.143 e. The first-order chi connectivity index (χ1) is 10.1. The standard InChI is InChI=1S/C16H16BrN3O/c1-3-20-15-7-4-10(17)8-14(15)19-16(20)12-6-5-11(21-2)9-13(12)18/h4-9H,3,18H2,1-2H3. The molecule has 0 aliphatic heterocycles. The summed E-state index contributed by atoms with van der Waals surface area (Å²) in [6.45, 7) is 2.94. The lowest BCUT2D eigenvalue weighted by atomic mass is 10.1. The van der Waals surface area contributed by atoms with Crippen LogP contribution in [0, 0.1) is 0 Å². The van der Waals surface area contributed by atoms with Gasteiger partial charge in [-0.3, -0.25) is 0 Å². The normalized spacial score (nSPS) is 11.0. The van der Waals surface area contributed by atoms with E-state index in [9.17, 15) is 0 Å². The number of aromatic nitrogens is 2. The molecule has 0 aliphatic rings. The minimum atomic E-state index is 0.665. The number of halogens is 1. The Balaban J connectivity index is 2.24. The lowest BCUT2D eigenvalue weighted by molar-refractivity contribution is 0.415. The highest BCUT2D eigenvalue weighted by Crippen LogP contribution is 2.32. The number of methoxy groups -OCH3 is 1. The molecule has 0 bridgehead atoms. The summed E-state index contributed by atoms with van der Waals surface area (Å²) >= 11 is 3.49. The summed E-state index contributed by atoms with van der Waals surface area (Å²) in [5, 5.41) is 0. The molecule has 4 nitrogen and oxygen atoms in total. The molecule has 0 radical (unpaired) electrons. The molecule has 0 saturated carbocycles. The van der Waals surface area contributed by atoms with Crippen LogP contribution in [0.15, 0.2) is 40.9 Å². The number of hydrogen-bond donors (Lipinski definition) is 1. The second kappa shape index (κ2) is 5.41. The zero-order chi connectivity index (χ0) is 15.0. The van der Waals surface area contributed by atoms with Crippen LogP contribution in [0.3, 0.4) is 0 Å². The van der Waals surface area contributed by atoms with E-state index in [2.05, 4.69) is 33.5 Å². The maximum atomic E-state index is 6.16. The molecule has 3 rings (SSSR count). The Morgan fingerprint density at radius 1 is 1.24 bits per heavy atom. The van der Waals surface area contributed by atoms with Crippen molar-refractivity contribution in [2.75, 3.05) is 12.8 Å². The summed E-state index contributed by atoms with van der Waals surface area (Å²) in [5.41, 5.74) is 9.81. The van der Waals surface area contributed by atoms with Gasteiger partial charge in [-0.05, 0) is 37.3 Å². The van der Waals surface area contributed by atoms with Crippen molar-refractivity contribution in [1.29, 1.82) is 0 Å². The Bertz CT molecular complexity index is 811. The van der Waals surface area contributed by atoms with Gasteiger partial charge in [0.25, 0.3) is 0 Å². The Morgan fingerprint density at radius 3 is 2.71 bits per heavy atom. The predicted molar refractivity (Wildman–Crippen MR) is 89.5 cm³/mol. The smallest absolute Gasteiger partial charge is 0.143 e. The molecular formula is C16H16BrN3O. The summed E-state index contributed by atoms with van der Waals surface area (Å²) in [6, 6.07) is 11.8. The molecular weight excluding hydrogens is 330 g/mol. The second-order valence-corrected chi connectivity index (χ2v) is 5.68. The first-order valence-corrected chi connectivity index (χ1v) is 7.53. The quantitative estimate of drug-likeness (QED) is 0.727. The van der Waals surface area contributed by atoms with E-state index in [4.69, 9.17) is 15.5 Å². The van der Waals surface area contributed by atoms with Crippen LogP contribution in [0.5, 0.6) is 5.75 Å². The zero-order valence-electron chi connectivity index (χ0n) is 11.9. The van der Waals surface area contributed by atoms with Crippen molar-refractivity contribution in [3.63, 3.8) is 0 Å². The zero-order valence-corrected chi connectivity index (χ0v) is 13.5. The third-order valence-corrected chi connectivity index (χ3v) is 4.02. The average Bonchev–Trinajstić information content (AvgIpc) is 2.84. The summed E-state index contributed by atoms with van der Waals surface area (Å²) in [6.07, 6.45) is 0. The van der Waals surface area contributed by atoms with Gasteiger partial charge in [-0.15, -0.1) is 0 Å². The van der Waals surface area contributed by atoms with Gasteiger partial charge in [0.05, 0.1) is 18.1 Å². The highest BCUT2D eigenvalue weighted by molar-refractivity contribution is 9.10. The molecule has 0 amide bonds. The number of nitrogen functional groups attached to an aromatic ring is 1. The fourth-order valence-electron chi connectivity index (χ4n) is 2.50. The van der Waals surface area contributed by atoms with Gasteiger partial charge < -0.3 is 15.0 Å². The van der Waals surface area contributed by atoms with E-state index in [1.54, 1.807) is 7.11 Å². The van der Waals surface area contributed by atoms with E-state index < -0.39 is 0 Å². The third kappa shape index (κ3) is 2.38. The molecule has 1 heterocycles. The molecule has 0 spiro atoms. The number of rotatable bonds is 3. The van der Waals surface area contributed by atoms with Gasteiger partial charge in [0, 0.05) is 28.3 Å². The maximum absolute atomic E-state index is 6.16. The number of hydrogen-bond acceptors (Lipinski definition) is 3. The van der Waals surface area contributed by atoms with Crippen molar-refractivity contribution in [3.05, 3.63) is 40.9 Å². The molecule has 2 N–H and O–H groups in total. The SMILES string of the molecule is CCn1c(-c2ccc(OC)cc2N)nc2cc(Br)ccc21. The topological polar surface area (TPSA) is 53.1 Å². The minimum Gasteiger partial charge on any atom is -0.497 e. The number of nitrogens with zero attached hydrogens (tertiary/aromatic N) is 2. The molecule has 108 valence electrons. The van der Waals surface area contributed by atoms with Crippen LogP contribution in [0.2, 0.25) is 0 Å². The number of ether oxygens (including phenoxy) is 1. The monoisotopic (exact) mass is 345 g/mol. The minimum absolute atomic E-state index is 0.665. The van der Waals surface area contributed by atoms with Crippen LogP contribution in [0.25, 0.3) is 22.4 Å². The number of aryl methyl sites for hydroxylation is 1. The lowest BCUT2D eigenvalue weighted by Crippen LogP contribution is -2.00. The van der Waals surface area contributed by atoms with Gasteiger partial charge in [0.2, 0.25) is 0 Å². The van der Waals surface area contributed by atoms with Crippen molar-refractivity contribution in [1.82, 2.24) is 9.55 Å². The molecule has 0 saturated heterocycles. The van der Waals surface area contributed by atoms with Crippen molar-refractivity contribution in [2.24, 2.45) is 0 Å². The van der Waals surface area contributed by atoms with E-state index >= 15 is 0 Å². The summed E-state index contributed by atoms with van der Waals surface area (Å²) in [4.78, 5) is 4.74. The van der Waals surface area contributed by atoms with Crippen LogP contribution >= 0.6 is 15.9 Å². The number of benzene rings is 2. The van der Waals surface area contributed by atoms with Crippen LogP contribution < -0.4 is 10.5 Å². The average molecular weight is 346 g/mol. The number of imidazole rings is 1. The van der Waals surface area contributed by atoms with Gasteiger partial charge in [0.1, 0.15) is 11.6 Å². The molecule has 0 aliphatic carbocycles. The fraction of sp³-hybridized carbons (Fsp3) is 0.188. The van der Waals surface area contributed by atoms with E-state index in [0.717, 1.165) is 39.2 Å². The fourth-order valence-corrected chi connectivity index (χ4v) is 2.85. The summed E-state index contributed by atoms with van der Waals surface area (Å²) < 4.78 is 8.39. The first-order valence-electron chi connectivity index (χ1n) is 6.73. The number of fused-ring (bicyclic) bond motifs is 1. The molecule has 3 aromatic rings. The van der Waals surface area contributed by atoms with Gasteiger partial charge in [-0.2, -0.15) is 0 Å². The van der Waals surface area contributed by atoms with Crippen LogP contribution in [-0.2, 0) is 6.54 Å². The highest BCUT2D eigenvalue weighted by atomic mass is 79.9. The third-order valence-electron chi connectivity index (χ3n) is 3.53. The van der Waals surface area contributed by atoms with Crippen LogP contribution in [0.4, 0.5) is 5.69 Å². The largest absolute Gasteiger partial charge is 0.497 e. The van der Waals surface area contributed by atoms with Crippen molar-refractivity contribution in [3.8, 4) is 17.1 Å². The van der Waals surface area contributed by atoms with E-state index in [-0.39, 0.29) is 0 Å². The van der Waals surface area contributed by atoms with Gasteiger partial charge >= 0.3 is 0 Å². The van der Waals surface area contributed by atoms with E-state index in [1.807, 2.05) is 30.3 Å². The molecule has 1 aromatic heterocycles. The highest BCUT2D eigenvalue weighted by Gasteiger charge is 2.14. The Hall–Kier alpha value is -2.01. The second-order valence-electron chi connectivity index (χ2n) is 4.77. The Kier molecular flexibility index (Phi) is 3.59. The van der Waals surface area contributed by atoms with Gasteiger partial charge in [-0.1, -0.05) is 15.9 Å². The lowest BCUT2D eigenvalue weighted by Gasteiger charge is -2.10. The summed E-state index contributed by atoms with van der Waals surface area (Å²) in [5.74, 6) is 1.63. The number of anilines is 1. The number of nitrogens with two attached hydrogens (primary N) is 1. The molecule has 0 fully saturated rings. The molecule has 5 heteroatoms. The van der Waals surface area contributed by atoms with Crippen LogP contribution in [0.1, 0.15) is 6.92 Å².